The zero-order valence-corrected chi connectivity index (χ0v) is 21.5. The molecular weight excluding hydrogens is 440 g/mol. The second-order valence-corrected chi connectivity index (χ2v) is 12.0. The maximum Gasteiger partial charge on any atom is 0.165 e. The van der Waals surface area contributed by atoms with E-state index in [9.17, 15) is 14.7 Å². The Morgan fingerprint density at radius 1 is 1.14 bits per heavy atom. The molecule has 192 valence electrons. The number of carbonyl (C=O) groups is 2. The summed E-state index contributed by atoms with van der Waals surface area (Å²) in [4.78, 5) is 24.4. The van der Waals surface area contributed by atoms with Crippen LogP contribution in [-0.2, 0) is 19.1 Å². The van der Waals surface area contributed by atoms with Crippen molar-refractivity contribution in [1.82, 2.24) is 0 Å². The Morgan fingerprint density at radius 2 is 2.00 bits per heavy atom. The number of Topliss-reactive ketones (excluding diaryl/α,β-unsaturated/α-hetero) is 1. The second kappa shape index (κ2) is 9.63. The van der Waals surface area contributed by atoms with E-state index in [1.165, 1.54) is 6.42 Å². The van der Waals surface area contributed by atoms with Crippen molar-refractivity contribution in [3.8, 4) is 0 Å². The molecule has 5 unspecified atom stereocenters. The van der Waals surface area contributed by atoms with Crippen LogP contribution in [0.4, 0.5) is 0 Å². The van der Waals surface area contributed by atoms with Crippen LogP contribution in [-0.4, -0.2) is 36.2 Å². The molecule has 35 heavy (non-hydrogen) atoms. The van der Waals surface area contributed by atoms with E-state index >= 15 is 0 Å². The lowest BCUT2D eigenvalue weighted by Gasteiger charge is -2.61. The summed E-state index contributed by atoms with van der Waals surface area (Å²) >= 11 is 0. The fraction of sp³-hybridized carbons (Fsp3) is 0.733. The zero-order chi connectivity index (χ0) is 24.7. The predicted octanol–water partition coefficient (Wildman–Crippen LogP) is 5.68. The minimum absolute atomic E-state index is 0.226. The lowest BCUT2D eigenvalue weighted by Crippen LogP contribution is -2.57. The molecule has 0 bridgehead atoms. The summed E-state index contributed by atoms with van der Waals surface area (Å²) in [7, 11) is 0. The van der Waals surface area contributed by atoms with Crippen LogP contribution >= 0.6 is 0 Å². The number of aliphatic hydroxyl groups is 1. The van der Waals surface area contributed by atoms with Gasteiger partial charge in [0.15, 0.2) is 5.79 Å². The molecule has 5 aliphatic carbocycles. The van der Waals surface area contributed by atoms with Gasteiger partial charge in [-0.15, -0.1) is 0 Å². The normalized spacial score (nSPS) is 42.8. The van der Waals surface area contributed by atoms with E-state index in [-0.39, 0.29) is 10.8 Å². The number of rotatable bonds is 7. The summed E-state index contributed by atoms with van der Waals surface area (Å²) in [5, 5.41) is 11.0. The summed E-state index contributed by atoms with van der Waals surface area (Å²) < 4.78 is 11.9. The predicted molar refractivity (Wildman–Crippen MR) is 134 cm³/mol. The van der Waals surface area contributed by atoms with Crippen molar-refractivity contribution in [1.29, 1.82) is 0 Å². The van der Waals surface area contributed by atoms with Crippen molar-refractivity contribution in [3.05, 3.63) is 35.6 Å². The van der Waals surface area contributed by atoms with Gasteiger partial charge in [0.25, 0.3) is 0 Å². The first-order valence-electron chi connectivity index (χ1n) is 13.9. The van der Waals surface area contributed by atoms with Crippen LogP contribution in [0, 0.1) is 34.5 Å². The highest BCUT2D eigenvalue weighted by Crippen LogP contribution is 2.67. The molecule has 0 aromatic carbocycles. The maximum atomic E-state index is 13.4. The van der Waals surface area contributed by atoms with Gasteiger partial charge in [-0.2, -0.15) is 0 Å². The molecule has 1 N–H and O–H groups in total. The average Bonchev–Trinajstić information content (AvgIpc) is 3.01. The molecule has 0 saturated heterocycles. The Bertz CT molecular complexity index is 933. The highest BCUT2D eigenvalue weighted by Gasteiger charge is 2.62. The standard InChI is InChI=1S/C30H42O5/c1-3-35-30(33)16-15-28(2)22(19-30)8-10-24-25(28)13-14-29(26(24)11-12-27(29)32)17-18-34-23-6-4-5-21(20-31)7-9-23/h4-7,20,22,24-26,33H,3,8-19H2,1-2H3/t22?,24?,25?,26?,28-,29+,30?/m0/s1. The van der Waals surface area contributed by atoms with E-state index in [1.54, 1.807) is 6.08 Å². The number of fused-ring (bicyclic) bond motifs is 5. The molecular formula is C30H42O5. The molecule has 5 heteroatoms. The van der Waals surface area contributed by atoms with Crippen LogP contribution in [0.25, 0.3) is 0 Å². The number of carbonyl (C=O) groups excluding carboxylic acids is 2. The third kappa shape index (κ3) is 4.37. The molecule has 0 aromatic heterocycles. The van der Waals surface area contributed by atoms with Gasteiger partial charge >= 0.3 is 0 Å². The average molecular weight is 483 g/mol. The Hall–Kier alpha value is -1.72. The van der Waals surface area contributed by atoms with Gasteiger partial charge in [-0.3, -0.25) is 9.59 Å². The molecule has 0 heterocycles. The summed E-state index contributed by atoms with van der Waals surface area (Å²) in [5.74, 6) is 2.58. The minimum Gasteiger partial charge on any atom is -0.498 e. The van der Waals surface area contributed by atoms with Crippen LogP contribution in [0.5, 0.6) is 0 Å². The van der Waals surface area contributed by atoms with E-state index in [1.807, 2.05) is 25.2 Å². The molecule has 5 aliphatic rings. The number of allylic oxidation sites excluding steroid dienone is 5. The van der Waals surface area contributed by atoms with Crippen molar-refractivity contribution in [2.24, 2.45) is 34.5 Å². The molecule has 0 aromatic rings. The molecule has 7 atom stereocenters. The van der Waals surface area contributed by atoms with E-state index < -0.39 is 5.79 Å². The first-order valence-corrected chi connectivity index (χ1v) is 13.9. The lowest BCUT2D eigenvalue weighted by molar-refractivity contribution is -0.257. The quantitative estimate of drug-likeness (QED) is 0.373. The number of aldehydes is 1. The molecule has 5 nitrogen and oxygen atoms in total. The Labute approximate surface area is 210 Å². The number of ether oxygens (including phenoxy) is 2. The maximum absolute atomic E-state index is 13.4. The Kier molecular flexibility index (Phi) is 6.86. The monoisotopic (exact) mass is 482 g/mol. The van der Waals surface area contributed by atoms with Crippen LogP contribution in [0.2, 0.25) is 0 Å². The molecule has 0 aliphatic heterocycles. The van der Waals surface area contributed by atoms with Gasteiger partial charge in [0.1, 0.15) is 12.1 Å². The van der Waals surface area contributed by atoms with Gasteiger partial charge in [-0.05, 0) is 87.0 Å². The van der Waals surface area contributed by atoms with Gasteiger partial charge in [-0.1, -0.05) is 25.2 Å². The third-order valence-electron chi connectivity index (χ3n) is 10.6. The van der Waals surface area contributed by atoms with E-state index in [2.05, 4.69) is 6.92 Å². The van der Waals surface area contributed by atoms with Crippen molar-refractivity contribution in [3.63, 3.8) is 0 Å². The minimum atomic E-state index is -0.950. The molecule has 0 radical (unpaired) electrons. The van der Waals surface area contributed by atoms with Crippen molar-refractivity contribution in [2.75, 3.05) is 13.2 Å². The molecule has 0 amide bonds. The van der Waals surface area contributed by atoms with Crippen molar-refractivity contribution in [2.45, 2.75) is 90.3 Å². The van der Waals surface area contributed by atoms with E-state index in [0.717, 1.165) is 69.8 Å². The summed E-state index contributed by atoms with van der Waals surface area (Å²) in [6, 6.07) is 0. The smallest absolute Gasteiger partial charge is 0.165 e. The van der Waals surface area contributed by atoms with Gasteiger partial charge < -0.3 is 14.6 Å². The Balaban J connectivity index is 1.27. The Morgan fingerprint density at radius 3 is 2.80 bits per heavy atom. The number of hydrogen-bond donors (Lipinski definition) is 1. The van der Waals surface area contributed by atoms with E-state index in [4.69, 9.17) is 9.47 Å². The number of hydrogen-bond acceptors (Lipinski definition) is 5. The molecule has 5 rings (SSSR count). The largest absolute Gasteiger partial charge is 0.498 e. The van der Waals surface area contributed by atoms with Gasteiger partial charge in [-0.25, -0.2) is 0 Å². The first kappa shape index (κ1) is 25.0. The summed E-state index contributed by atoms with van der Waals surface area (Å²) in [6.45, 7) is 5.56. The lowest BCUT2D eigenvalue weighted by atomic mass is 9.44. The van der Waals surface area contributed by atoms with Gasteiger partial charge in [0.2, 0.25) is 0 Å². The third-order valence-corrected chi connectivity index (χ3v) is 10.6. The fourth-order valence-electron chi connectivity index (χ4n) is 8.83. The molecule has 0 spiro atoms. The highest BCUT2D eigenvalue weighted by molar-refractivity contribution is 5.87. The highest BCUT2D eigenvalue weighted by atomic mass is 16.6. The topological polar surface area (TPSA) is 72.8 Å². The van der Waals surface area contributed by atoms with Gasteiger partial charge in [0, 0.05) is 43.3 Å². The molecule has 4 saturated carbocycles. The first-order chi connectivity index (χ1) is 16.8. The molecule has 4 fully saturated rings. The van der Waals surface area contributed by atoms with E-state index in [0.29, 0.717) is 54.7 Å². The summed E-state index contributed by atoms with van der Waals surface area (Å²) in [5.41, 5.74) is 0.686. The van der Waals surface area contributed by atoms with Gasteiger partial charge in [0.05, 0.1) is 12.4 Å². The van der Waals surface area contributed by atoms with Crippen LogP contribution in [0.1, 0.15) is 84.5 Å². The summed E-state index contributed by atoms with van der Waals surface area (Å²) in [6.07, 6.45) is 18.4. The fourth-order valence-corrected chi connectivity index (χ4v) is 8.83. The van der Waals surface area contributed by atoms with Crippen LogP contribution < -0.4 is 0 Å². The second-order valence-electron chi connectivity index (χ2n) is 12.0. The van der Waals surface area contributed by atoms with Crippen LogP contribution in [0.3, 0.4) is 0 Å². The SMILES string of the molecule is CCOC1(O)CC[C@@]2(C)C(CCC3C4CCC(=O)[C@@]4(CCOC4=CC=CC(C=O)=CC4)CCC32)C1. The van der Waals surface area contributed by atoms with Crippen molar-refractivity contribution >= 4 is 12.1 Å². The zero-order valence-electron chi connectivity index (χ0n) is 21.5. The number of ketones is 1. The van der Waals surface area contributed by atoms with Crippen molar-refractivity contribution < 1.29 is 24.2 Å². The van der Waals surface area contributed by atoms with Crippen LogP contribution in [0.15, 0.2) is 35.6 Å².